The molecule has 31 heavy (non-hydrogen) atoms. The molecule has 1 aliphatic heterocycles. The number of hydrogen-bond donors (Lipinski definition) is 1. The van der Waals surface area contributed by atoms with Crippen molar-refractivity contribution in [3.05, 3.63) is 44.6 Å². The molecule has 2 heterocycles. The molecule has 1 aromatic carbocycles. The van der Waals surface area contributed by atoms with E-state index in [1.807, 2.05) is 20.8 Å². The summed E-state index contributed by atoms with van der Waals surface area (Å²) in [5.41, 5.74) is -0.861. The molecule has 1 N–H and O–H groups in total. The molecule has 0 atom stereocenters. The van der Waals surface area contributed by atoms with E-state index in [2.05, 4.69) is 4.98 Å². The van der Waals surface area contributed by atoms with E-state index in [-0.39, 0.29) is 30.7 Å². The first kappa shape index (κ1) is 22.6. The van der Waals surface area contributed by atoms with Crippen LogP contribution in [0.15, 0.2) is 27.8 Å². The maximum Gasteiger partial charge on any atom is 0.410 e. The summed E-state index contributed by atoms with van der Waals surface area (Å²) < 4.78 is 11.9. The van der Waals surface area contributed by atoms with E-state index in [1.165, 1.54) is 18.2 Å². The standard InChI is InChI=1S/C22H29N3O6/c1-5-25-18(26)16-7-6-15(12-17(16)23-20(25)28)19(27)30-13-14-8-10-24(11-9-14)21(29)31-22(2,3)4/h6-7,12,14H,5,8-11,13H2,1-4H3,(H,23,28). The van der Waals surface area contributed by atoms with Crippen LogP contribution in [0.4, 0.5) is 4.79 Å². The van der Waals surface area contributed by atoms with Gasteiger partial charge in [-0.1, -0.05) is 0 Å². The normalized spacial score (nSPS) is 15.2. The molecule has 0 aliphatic carbocycles. The lowest BCUT2D eigenvalue weighted by atomic mass is 9.98. The summed E-state index contributed by atoms with van der Waals surface area (Å²) in [6, 6.07) is 4.51. The number of hydrogen-bond acceptors (Lipinski definition) is 6. The van der Waals surface area contributed by atoms with E-state index in [0.717, 1.165) is 4.57 Å². The van der Waals surface area contributed by atoms with Gasteiger partial charge in [0.2, 0.25) is 0 Å². The Morgan fingerprint density at radius 3 is 2.45 bits per heavy atom. The van der Waals surface area contributed by atoms with Gasteiger partial charge in [-0.15, -0.1) is 0 Å². The Morgan fingerprint density at radius 2 is 1.84 bits per heavy atom. The second-order valence-corrected chi connectivity index (χ2v) is 8.75. The molecule has 1 aliphatic rings. The Morgan fingerprint density at radius 1 is 1.16 bits per heavy atom. The predicted octanol–water partition coefficient (Wildman–Crippen LogP) is 2.51. The maximum absolute atomic E-state index is 12.5. The lowest BCUT2D eigenvalue weighted by Crippen LogP contribution is -2.42. The Labute approximate surface area is 179 Å². The van der Waals surface area contributed by atoms with Crippen LogP contribution in [0.2, 0.25) is 0 Å². The SMILES string of the molecule is CCn1c(=O)[nH]c2cc(C(=O)OCC3CCN(C(=O)OC(C)(C)C)CC3)ccc2c1=O. The molecule has 0 unspecified atom stereocenters. The molecule has 3 rings (SSSR count). The fourth-order valence-corrected chi connectivity index (χ4v) is 3.55. The van der Waals surface area contributed by atoms with Crippen molar-refractivity contribution in [1.82, 2.24) is 14.5 Å². The van der Waals surface area contributed by atoms with Crippen molar-refractivity contribution in [2.24, 2.45) is 5.92 Å². The first-order valence-electron chi connectivity index (χ1n) is 10.5. The van der Waals surface area contributed by atoms with Gasteiger partial charge in [0, 0.05) is 19.6 Å². The minimum absolute atomic E-state index is 0.152. The third-order valence-electron chi connectivity index (χ3n) is 5.25. The molecule has 0 saturated carbocycles. The highest BCUT2D eigenvalue weighted by Gasteiger charge is 2.27. The smallest absolute Gasteiger partial charge is 0.410 e. The van der Waals surface area contributed by atoms with Gasteiger partial charge in [-0.25, -0.2) is 14.4 Å². The van der Waals surface area contributed by atoms with Crippen LogP contribution in [0.1, 0.15) is 50.9 Å². The van der Waals surface area contributed by atoms with Gasteiger partial charge in [0.05, 0.1) is 23.1 Å². The van der Waals surface area contributed by atoms with Crippen molar-refractivity contribution in [3.8, 4) is 0 Å². The predicted molar refractivity (Wildman–Crippen MR) is 115 cm³/mol. The second kappa shape index (κ2) is 8.95. The number of esters is 1. The fourth-order valence-electron chi connectivity index (χ4n) is 3.55. The number of fused-ring (bicyclic) bond motifs is 1. The number of nitrogens with zero attached hydrogens (tertiary/aromatic N) is 2. The van der Waals surface area contributed by atoms with E-state index >= 15 is 0 Å². The number of H-pyrrole nitrogens is 1. The van der Waals surface area contributed by atoms with Crippen molar-refractivity contribution in [1.29, 1.82) is 0 Å². The summed E-state index contributed by atoms with van der Waals surface area (Å²) in [7, 11) is 0. The van der Waals surface area contributed by atoms with Crippen LogP contribution in [0.25, 0.3) is 10.9 Å². The van der Waals surface area contributed by atoms with Crippen LogP contribution in [-0.4, -0.2) is 51.8 Å². The third-order valence-corrected chi connectivity index (χ3v) is 5.25. The van der Waals surface area contributed by atoms with Crippen LogP contribution in [-0.2, 0) is 16.0 Å². The summed E-state index contributed by atoms with van der Waals surface area (Å²) >= 11 is 0. The summed E-state index contributed by atoms with van der Waals surface area (Å²) in [6.07, 6.45) is 1.11. The van der Waals surface area contributed by atoms with Gasteiger partial charge < -0.3 is 19.4 Å². The molecular weight excluding hydrogens is 402 g/mol. The number of amides is 1. The summed E-state index contributed by atoms with van der Waals surface area (Å²) in [5, 5.41) is 0.340. The van der Waals surface area contributed by atoms with Crippen molar-refractivity contribution >= 4 is 23.0 Å². The lowest BCUT2D eigenvalue weighted by molar-refractivity contribution is 0.0115. The first-order valence-corrected chi connectivity index (χ1v) is 10.5. The van der Waals surface area contributed by atoms with E-state index in [0.29, 0.717) is 36.8 Å². The number of ether oxygens (including phenoxy) is 2. The van der Waals surface area contributed by atoms with E-state index < -0.39 is 22.8 Å². The number of piperidine rings is 1. The number of carbonyl (C=O) groups is 2. The minimum Gasteiger partial charge on any atom is -0.462 e. The monoisotopic (exact) mass is 431 g/mol. The highest BCUT2D eigenvalue weighted by Crippen LogP contribution is 2.20. The number of rotatable bonds is 4. The maximum atomic E-state index is 12.5. The number of benzene rings is 1. The molecule has 0 bridgehead atoms. The van der Waals surface area contributed by atoms with Gasteiger partial charge in [-0.05, 0) is 64.7 Å². The number of likely N-dealkylation sites (tertiary alicyclic amines) is 1. The zero-order valence-corrected chi connectivity index (χ0v) is 18.4. The minimum atomic E-state index is -0.531. The number of aromatic nitrogens is 2. The van der Waals surface area contributed by atoms with Crippen molar-refractivity contribution in [2.75, 3.05) is 19.7 Å². The van der Waals surface area contributed by atoms with Gasteiger partial charge >= 0.3 is 17.8 Å². The first-order chi connectivity index (χ1) is 14.6. The molecule has 9 nitrogen and oxygen atoms in total. The summed E-state index contributed by atoms with van der Waals surface area (Å²) in [6.45, 7) is 8.83. The van der Waals surface area contributed by atoms with Crippen LogP contribution < -0.4 is 11.2 Å². The molecule has 168 valence electrons. The average molecular weight is 431 g/mol. The van der Waals surface area contributed by atoms with Gasteiger partial charge in [0.25, 0.3) is 5.56 Å². The van der Waals surface area contributed by atoms with Crippen molar-refractivity contribution in [2.45, 2.75) is 52.7 Å². The molecule has 0 radical (unpaired) electrons. The van der Waals surface area contributed by atoms with E-state index in [1.54, 1.807) is 11.8 Å². The van der Waals surface area contributed by atoms with Gasteiger partial charge in [0.15, 0.2) is 0 Å². The fraction of sp³-hybridized carbons (Fsp3) is 0.545. The summed E-state index contributed by atoms with van der Waals surface area (Å²) in [5.74, 6) is -0.364. The topological polar surface area (TPSA) is 111 Å². The Kier molecular flexibility index (Phi) is 6.52. The summed E-state index contributed by atoms with van der Waals surface area (Å²) in [4.78, 5) is 53.3. The van der Waals surface area contributed by atoms with Crippen LogP contribution in [0.3, 0.4) is 0 Å². The molecule has 2 aromatic rings. The zero-order chi connectivity index (χ0) is 22.8. The molecule has 1 aromatic heterocycles. The van der Waals surface area contributed by atoms with Crippen LogP contribution >= 0.6 is 0 Å². The quantitative estimate of drug-likeness (QED) is 0.745. The average Bonchev–Trinajstić information content (AvgIpc) is 2.71. The van der Waals surface area contributed by atoms with Gasteiger partial charge in [-0.3, -0.25) is 9.36 Å². The second-order valence-electron chi connectivity index (χ2n) is 8.75. The molecular formula is C22H29N3O6. The van der Waals surface area contributed by atoms with E-state index in [4.69, 9.17) is 9.47 Å². The van der Waals surface area contributed by atoms with Crippen molar-refractivity contribution in [3.63, 3.8) is 0 Å². The Balaban J connectivity index is 1.58. The zero-order valence-electron chi connectivity index (χ0n) is 18.4. The largest absolute Gasteiger partial charge is 0.462 e. The lowest BCUT2D eigenvalue weighted by Gasteiger charge is -2.33. The molecule has 0 spiro atoms. The van der Waals surface area contributed by atoms with Crippen LogP contribution in [0, 0.1) is 5.92 Å². The molecule has 1 amide bonds. The Bertz CT molecular complexity index is 1090. The Hall–Kier alpha value is -3.10. The molecule has 1 fully saturated rings. The molecule has 9 heteroatoms. The van der Waals surface area contributed by atoms with Gasteiger partial charge in [-0.2, -0.15) is 0 Å². The van der Waals surface area contributed by atoms with Gasteiger partial charge in [0.1, 0.15) is 5.60 Å². The number of aromatic amines is 1. The third kappa shape index (κ3) is 5.34. The highest BCUT2D eigenvalue weighted by atomic mass is 16.6. The van der Waals surface area contributed by atoms with Crippen molar-refractivity contribution < 1.29 is 19.1 Å². The van der Waals surface area contributed by atoms with Crippen LogP contribution in [0.5, 0.6) is 0 Å². The molecule has 1 saturated heterocycles. The number of nitrogens with one attached hydrogen (secondary N) is 1. The number of carbonyl (C=O) groups excluding carboxylic acids is 2. The highest BCUT2D eigenvalue weighted by molar-refractivity contribution is 5.94. The van der Waals surface area contributed by atoms with E-state index in [9.17, 15) is 19.2 Å².